The molecule has 0 radical (unpaired) electrons. The average molecular weight is 392 g/mol. The lowest BCUT2D eigenvalue weighted by Gasteiger charge is -2.33. The average Bonchev–Trinajstić information content (AvgIpc) is 3.16. The number of aryl methyl sites for hydroxylation is 1. The van der Waals surface area contributed by atoms with Crippen LogP contribution in [0.25, 0.3) is 10.9 Å². The Kier molecular flexibility index (Phi) is 5.58. The molecular formula is C24H29N3O2. The molecule has 1 saturated heterocycles. The van der Waals surface area contributed by atoms with E-state index in [4.69, 9.17) is 10.5 Å². The molecule has 5 nitrogen and oxygen atoms in total. The summed E-state index contributed by atoms with van der Waals surface area (Å²) in [6.45, 7) is 5.33. The lowest BCUT2D eigenvalue weighted by Crippen LogP contribution is -2.35. The molecule has 29 heavy (non-hydrogen) atoms. The summed E-state index contributed by atoms with van der Waals surface area (Å²) in [6.07, 6.45) is 5.36. The molecule has 1 amide bonds. The minimum Gasteiger partial charge on any atom is -0.496 e. The fraction of sp³-hybridized carbons (Fsp3) is 0.375. The molecule has 2 heterocycles. The monoisotopic (exact) mass is 391 g/mol. The standard InChI is InChI=1S/C24H29N3O2/c1-17-3-6-23(29-2)19(15-17)7-11-26-12-9-21(10-13-26)27-14-8-18-4-5-20(24(25)28)16-22(18)27/h3-6,8,14-16,21H,7,9-13H2,1-2H3,(H2,25,28). The van der Waals surface area contributed by atoms with Gasteiger partial charge in [-0.3, -0.25) is 4.79 Å². The summed E-state index contributed by atoms with van der Waals surface area (Å²) in [5.74, 6) is 0.607. The zero-order chi connectivity index (χ0) is 20.4. The second kappa shape index (κ2) is 8.29. The maximum atomic E-state index is 11.6. The van der Waals surface area contributed by atoms with E-state index in [1.54, 1.807) is 13.2 Å². The van der Waals surface area contributed by atoms with Crippen LogP contribution in [-0.2, 0) is 6.42 Å². The van der Waals surface area contributed by atoms with E-state index in [0.29, 0.717) is 11.6 Å². The van der Waals surface area contributed by atoms with Crippen LogP contribution in [0, 0.1) is 6.92 Å². The van der Waals surface area contributed by atoms with Crippen molar-refractivity contribution in [2.45, 2.75) is 32.2 Å². The number of nitrogens with two attached hydrogens (primary N) is 1. The van der Waals surface area contributed by atoms with Gasteiger partial charge in [-0.2, -0.15) is 0 Å². The quantitative estimate of drug-likeness (QED) is 0.692. The van der Waals surface area contributed by atoms with Gasteiger partial charge in [-0.25, -0.2) is 0 Å². The summed E-state index contributed by atoms with van der Waals surface area (Å²) in [6, 6.07) is 14.7. The number of rotatable bonds is 6. The zero-order valence-electron chi connectivity index (χ0n) is 17.2. The topological polar surface area (TPSA) is 60.5 Å². The number of primary amides is 1. The predicted octanol–water partition coefficient (Wildman–Crippen LogP) is 3.94. The Bertz CT molecular complexity index is 1020. The van der Waals surface area contributed by atoms with Crippen LogP contribution in [-0.4, -0.2) is 42.1 Å². The first-order valence-corrected chi connectivity index (χ1v) is 10.3. The van der Waals surface area contributed by atoms with Gasteiger partial charge in [-0.1, -0.05) is 23.8 Å². The highest BCUT2D eigenvalue weighted by atomic mass is 16.5. The number of fused-ring (bicyclic) bond motifs is 1. The Morgan fingerprint density at radius 3 is 2.66 bits per heavy atom. The van der Waals surface area contributed by atoms with Gasteiger partial charge in [0.05, 0.1) is 7.11 Å². The molecule has 0 bridgehead atoms. The molecule has 0 spiro atoms. The molecule has 3 aromatic rings. The van der Waals surface area contributed by atoms with E-state index in [1.807, 2.05) is 12.1 Å². The van der Waals surface area contributed by atoms with Crippen molar-refractivity contribution in [1.29, 1.82) is 0 Å². The molecule has 1 fully saturated rings. The van der Waals surface area contributed by atoms with Gasteiger partial charge in [0, 0.05) is 43.0 Å². The minimum absolute atomic E-state index is 0.374. The number of hydrogen-bond acceptors (Lipinski definition) is 3. The molecule has 152 valence electrons. The zero-order valence-corrected chi connectivity index (χ0v) is 17.2. The summed E-state index contributed by atoms with van der Waals surface area (Å²) in [5.41, 5.74) is 9.70. The maximum Gasteiger partial charge on any atom is 0.248 e. The first kappa shape index (κ1) is 19.5. The molecule has 2 N–H and O–H groups in total. The van der Waals surface area contributed by atoms with E-state index >= 15 is 0 Å². The first-order chi connectivity index (χ1) is 14.0. The van der Waals surface area contributed by atoms with Crippen LogP contribution < -0.4 is 10.5 Å². The summed E-state index contributed by atoms with van der Waals surface area (Å²) < 4.78 is 7.84. The molecule has 1 aliphatic heterocycles. The van der Waals surface area contributed by atoms with Crippen molar-refractivity contribution in [1.82, 2.24) is 9.47 Å². The van der Waals surface area contributed by atoms with Crippen LogP contribution in [0.4, 0.5) is 0 Å². The fourth-order valence-corrected chi connectivity index (χ4v) is 4.42. The number of hydrogen-bond donors (Lipinski definition) is 1. The van der Waals surface area contributed by atoms with E-state index in [9.17, 15) is 4.79 Å². The van der Waals surface area contributed by atoms with E-state index < -0.39 is 0 Å². The number of likely N-dealkylation sites (tertiary alicyclic amines) is 1. The second-order valence-corrected chi connectivity index (χ2v) is 8.00. The number of methoxy groups -OCH3 is 1. The number of benzene rings is 2. The predicted molar refractivity (Wildman–Crippen MR) is 117 cm³/mol. The van der Waals surface area contributed by atoms with Crippen molar-refractivity contribution < 1.29 is 9.53 Å². The number of carbonyl (C=O) groups excluding carboxylic acids is 1. The molecular weight excluding hydrogens is 362 g/mol. The molecule has 1 aromatic heterocycles. The van der Waals surface area contributed by atoms with Gasteiger partial charge >= 0.3 is 0 Å². The molecule has 5 heteroatoms. The molecule has 4 rings (SSSR count). The third-order valence-electron chi connectivity index (χ3n) is 6.09. The number of ether oxygens (including phenoxy) is 1. The third-order valence-corrected chi connectivity index (χ3v) is 6.09. The van der Waals surface area contributed by atoms with Crippen LogP contribution in [0.2, 0.25) is 0 Å². The van der Waals surface area contributed by atoms with Gasteiger partial charge in [-0.15, -0.1) is 0 Å². The normalized spacial score (nSPS) is 15.7. The van der Waals surface area contributed by atoms with E-state index in [2.05, 4.69) is 46.9 Å². The number of aromatic nitrogens is 1. The van der Waals surface area contributed by atoms with Crippen molar-refractivity contribution >= 4 is 16.8 Å². The summed E-state index contributed by atoms with van der Waals surface area (Å²) in [7, 11) is 1.74. The summed E-state index contributed by atoms with van der Waals surface area (Å²) >= 11 is 0. The van der Waals surface area contributed by atoms with Gasteiger partial charge in [0.25, 0.3) is 0 Å². The summed E-state index contributed by atoms with van der Waals surface area (Å²) in [4.78, 5) is 14.1. The molecule has 0 atom stereocenters. The first-order valence-electron chi connectivity index (χ1n) is 10.3. The molecule has 1 aliphatic rings. The Morgan fingerprint density at radius 2 is 1.93 bits per heavy atom. The Hall–Kier alpha value is -2.79. The van der Waals surface area contributed by atoms with Gasteiger partial charge < -0.3 is 19.9 Å². The van der Waals surface area contributed by atoms with E-state index in [-0.39, 0.29) is 5.91 Å². The van der Waals surface area contributed by atoms with Gasteiger partial charge in [0.15, 0.2) is 0 Å². The largest absolute Gasteiger partial charge is 0.496 e. The van der Waals surface area contributed by atoms with Crippen molar-refractivity contribution in [3.8, 4) is 5.75 Å². The molecule has 0 saturated carbocycles. The SMILES string of the molecule is COc1ccc(C)cc1CCN1CCC(n2ccc3ccc(C(N)=O)cc32)CC1. The van der Waals surface area contributed by atoms with E-state index in [0.717, 1.165) is 55.5 Å². The minimum atomic E-state index is -0.374. The van der Waals surface area contributed by atoms with Crippen LogP contribution in [0.5, 0.6) is 5.75 Å². The number of carbonyl (C=O) groups is 1. The highest BCUT2D eigenvalue weighted by Crippen LogP contribution is 2.29. The van der Waals surface area contributed by atoms with Gasteiger partial charge in [-0.05, 0) is 61.4 Å². The van der Waals surface area contributed by atoms with Crippen LogP contribution in [0.15, 0.2) is 48.7 Å². The van der Waals surface area contributed by atoms with Crippen molar-refractivity contribution in [3.05, 3.63) is 65.4 Å². The number of piperidine rings is 1. The Labute approximate surface area is 172 Å². The molecule has 2 aromatic carbocycles. The third kappa shape index (κ3) is 4.15. The summed E-state index contributed by atoms with van der Waals surface area (Å²) in [5, 5.41) is 1.16. The van der Waals surface area contributed by atoms with Crippen LogP contribution >= 0.6 is 0 Å². The van der Waals surface area contributed by atoms with Crippen molar-refractivity contribution in [2.24, 2.45) is 5.73 Å². The second-order valence-electron chi connectivity index (χ2n) is 8.00. The van der Waals surface area contributed by atoms with Gasteiger partial charge in [0.2, 0.25) is 5.91 Å². The van der Waals surface area contributed by atoms with Gasteiger partial charge in [0.1, 0.15) is 5.75 Å². The number of amides is 1. The van der Waals surface area contributed by atoms with Crippen molar-refractivity contribution in [3.63, 3.8) is 0 Å². The van der Waals surface area contributed by atoms with E-state index in [1.165, 1.54) is 11.1 Å². The lowest BCUT2D eigenvalue weighted by atomic mass is 10.0. The highest BCUT2D eigenvalue weighted by Gasteiger charge is 2.22. The Morgan fingerprint density at radius 1 is 1.14 bits per heavy atom. The fourth-order valence-electron chi connectivity index (χ4n) is 4.42. The van der Waals surface area contributed by atoms with Crippen molar-refractivity contribution in [2.75, 3.05) is 26.7 Å². The molecule has 0 unspecified atom stereocenters. The lowest BCUT2D eigenvalue weighted by molar-refractivity contribution is 0.100. The maximum absolute atomic E-state index is 11.6. The smallest absolute Gasteiger partial charge is 0.248 e. The molecule has 0 aliphatic carbocycles. The van der Waals surface area contributed by atoms with Crippen LogP contribution in [0.3, 0.4) is 0 Å². The van der Waals surface area contributed by atoms with Crippen LogP contribution in [0.1, 0.15) is 40.4 Å². The Balaban J connectivity index is 1.40. The highest BCUT2D eigenvalue weighted by molar-refractivity contribution is 5.97. The number of nitrogens with zero attached hydrogens (tertiary/aromatic N) is 2.